The number of nitrogens with zero attached hydrogens (tertiary/aromatic N) is 4. The van der Waals surface area contributed by atoms with Crippen molar-refractivity contribution in [2.75, 3.05) is 31.9 Å². The van der Waals surface area contributed by atoms with E-state index in [9.17, 15) is 4.79 Å². The van der Waals surface area contributed by atoms with E-state index in [0.717, 1.165) is 44.0 Å². The monoisotopic (exact) mass is 366 g/mol. The molecule has 5 nitrogen and oxygen atoms in total. The maximum Gasteiger partial charge on any atom is 0.232 e. The molecule has 26 heavy (non-hydrogen) atoms. The molecule has 1 aliphatic rings. The summed E-state index contributed by atoms with van der Waals surface area (Å²) in [5.74, 6) is 0.673. The van der Waals surface area contributed by atoms with E-state index in [0.29, 0.717) is 11.3 Å². The number of nitriles is 1. The van der Waals surface area contributed by atoms with Gasteiger partial charge in [0.15, 0.2) is 0 Å². The average molecular weight is 366 g/mol. The molecule has 2 heterocycles. The Bertz CT molecular complexity index is 758. The summed E-state index contributed by atoms with van der Waals surface area (Å²) >= 11 is 1.56. The lowest BCUT2D eigenvalue weighted by Crippen LogP contribution is -2.36. The van der Waals surface area contributed by atoms with E-state index in [1.165, 1.54) is 5.56 Å². The third kappa shape index (κ3) is 5.32. The maximum atomic E-state index is 12.5. The summed E-state index contributed by atoms with van der Waals surface area (Å²) in [6.07, 6.45) is 4.49. The molecule has 6 heteroatoms. The first-order valence-electron chi connectivity index (χ1n) is 8.76. The number of hydrogen-bond acceptors (Lipinski definition) is 5. The van der Waals surface area contributed by atoms with Crippen molar-refractivity contribution in [1.29, 1.82) is 5.26 Å². The molecule has 1 amide bonds. The molecule has 0 unspecified atom stereocenters. The van der Waals surface area contributed by atoms with E-state index in [4.69, 9.17) is 5.26 Å². The lowest BCUT2D eigenvalue weighted by Gasteiger charge is -2.22. The van der Waals surface area contributed by atoms with Gasteiger partial charge in [-0.05, 0) is 36.2 Å². The smallest absolute Gasteiger partial charge is 0.232 e. The number of amides is 1. The summed E-state index contributed by atoms with van der Waals surface area (Å²) in [6, 6.07) is 13.8. The predicted molar refractivity (Wildman–Crippen MR) is 103 cm³/mol. The molecule has 0 saturated carbocycles. The zero-order valence-electron chi connectivity index (χ0n) is 14.7. The fourth-order valence-electron chi connectivity index (χ4n) is 2.99. The highest BCUT2D eigenvalue weighted by molar-refractivity contribution is 8.00. The maximum absolute atomic E-state index is 12.5. The molecule has 1 aromatic carbocycles. The quantitative estimate of drug-likeness (QED) is 0.762. The number of pyridine rings is 1. The molecule has 1 fully saturated rings. The van der Waals surface area contributed by atoms with Gasteiger partial charge in [-0.15, -0.1) is 11.8 Å². The zero-order chi connectivity index (χ0) is 18.2. The molecular formula is C20H22N4OS. The van der Waals surface area contributed by atoms with Crippen LogP contribution in [-0.2, 0) is 11.3 Å². The Balaban J connectivity index is 1.47. The minimum absolute atomic E-state index is 0.201. The normalized spacial score (nSPS) is 15.3. The Morgan fingerprint density at radius 3 is 2.58 bits per heavy atom. The van der Waals surface area contributed by atoms with Gasteiger partial charge < -0.3 is 4.90 Å². The van der Waals surface area contributed by atoms with E-state index in [2.05, 4.69) is 16.0 Å². The fraction of sp³-hybridized carbons (Fsp3) is 0.350. The summed E-state index contributed by atoms with van der Waals surface area (Å²) < 4.78 is 0. The summed E-state index contributed by atoms with van der Waals surface area (Å²) in [5, 5.41) is 8.88. The van der Waals surface area contributed by atoms with Crippen molar-refractivity contribution in [2.24, 2.45) is 0 Å². The van der Waals surface area contributed by atoms with Crippen LogP contribution in [0.4, 0.5) is 0 Å². The van der Waals surface area contributed by atoms with Crippen LogP contribution < -0.4 is 0 Å². The average Bonchev–Trinajstić information content (AvgIpc) is 2.93. The van der Waals surface area contributed by atoms with Crippen LogP contribution in [0.25, 0.3) is 0 Å². The molecule has 1 aliphatic heterocycles. The van der Waals surface area contributed by atoms with Crippen molar-refractivity contribution in [1.82, 2.24) is 14.8 Å². The van der Waals surface area contributed by atoms with Crippen LogP contribution in [0.3, 0.4) is 0 Å². The van der Waals surface area contributed by atoms with Crippen molar-refractivity contribution in [3.63, 3.8) is 0 Å². The standard InChI is InChI=1S/C20H22N4OS/c21-14-17-2-4-18(5-3-17)15-23-10-1-11-24(13-12-23)20(25)16-26-19-6-8-22-9-7-19/h2-9H,1,10-13,15-16H2. The van der Waals surface area contributed by atoms with Gasteiger partial charge in [-0.3, -0.25) is 14.7 Å². The molecule has 0 spiro atoms. The molecule has 0 bridgehead atoms. The largest absolute Gasteiger partial charge is 0.341 e. The summed E-state index contributed by atoms with van der Waals surface area (Å²) in [6.45, 7) is 4.32. The Morgan fingerprint density at radius 1 is 1.08 bits per heavy atom. The first kappa shape index (κ1) is 18.4. The van der Waals surface area contributed by atoms with Gasteiger partial charge in [-0.2, -0.15) is 5.26 Å². The predicted octanol–water partition coefficient (Wildman–Crippen LogP) is 2.78. The van der Waals surface area contributed by atoms with Crippen LogP contribution in [-0.4, -0.2) is 52.6 Å². The van der Waals surface area contributed by atoms with Gasteiger partial charge in [-0.1, -0.05) is 12.1 Å². The molecular weight excluding hydrogens is 344 g/mol. The number of aromatic nitrogens is 1. The van der Waals surface area contributed by atoms with E-state index in [1.807, 2.05) is 41.3 Å². The summed E-state index contributed by atoms with van der Waals surface area (Å²) in [4.78, 5) is 21.9. The molecule has 1 saturated heterocycles. The van der Waals surface area contributed by atoms with Gasteiger partial charge >= 0.3 is 0 Å². The fourth-order valence-corrected chi connectivity index (χ4v) is 3.78. The number of carbonyl (C=O) groups excluding carboxylic acids is 1. The number of thioether (sulfide) groups is 1. The van der Waals surface area contributed by atoms with Gasteiger partial charge in [0.25, 0.3) is 0 Å². The van der Waals surface area contributed by atoms with Gasteiger partial charge in [0.05, 0.1) is 17.4 Å². The summed E-state index contributed by atoms with van der Waals surface area (Å²) in [7, 11) is 0. The van der Waals surface area contributed by atoms with Crippen molar-refractivity contribution >= 4 is 17.7 Å². The Labute approximate surface area is 158 Å². The van der Waals surface area contributed by atoms with E-state index >= 15 is 0 Å². The highest BCUT2D eigenvalue weighted by Crippen LogP contribution is 2.17. The molecule has 0 radical (unpaired) electrons. The third-order valence-corrected chi connectivity index (χ3v) is 5.44. The third-order valence-electron chi connectivity index (χ3n) is 4.44. The van der Waals surface area contributed by atoms with E-state index in [1.54, 1.807) is 24.2 Å². The highest BCUT2D eigenvalue weighted by Gasteiger charge is 2.19. The molecule has 0 aliphatic carbocycles. The number of rotatable bonds is 5. The Morgan fingerprint density at radius 2 is 1.85 bits per heavy atom. The molecule has 0 atom stereocenters. The van der Waals surface area contributed by atoms with Crippen LogP contribution in [0.5, 0.6) is 0 Å². The van der Waals surface area contributed by atoms with E-state index in [-0.39, 0.29) is 5.91 Å². The van der Waals surface area contributed by atoms with Gasteiger partial charge in [0, 0.05) is 50.0 Å². The van der Waals surface area contributed by atoms with Crippen LogP contribution >= 0.6 is 11.8 Å². The molecule has 1 aromatic heterocycles. The zero-order valence-corrected chi connectivity index (χ0v) is 15.5. The second-order valence-corrected chi connectivity index (χ2v) is 7.34. The van der Waals surface area contributed by atoms with Crippen molar-refractivity contribution < 1.29 is 4.79 Å². The van der Waals surface area contributed by atoms with Gasteiger partial charge in [-0.25, -0.2) is 0 Å². The number of carbonyl (C=O) groups is 1. The van der Waals surface area contributed by atoms with Crippen LogP contribution in [0.2, 0.25) is 0 Å². The lowest BCUT2D eigenvalue weighted by atomic mass is 10.1. The minimum Gasteiger partial charge on any atom is -0.341 e. The van der Waals surface area contributed by atoms with Gasteiger partial charge in [0.2, 0.25) is 5.91 Å². The Kier molecular flexibility index (Phi) is 6.64. The first-order valence-corrected chi connectivity index (χ1v) is 9.75. The second kappa shape index (κ2) is 9.37. The highest BCUT2D eigenvalue weighted by atomic mass is 32.2. The Hall–Kier alpha value is -2.36. The minimum atomic E-state index is 0.201. The van der Waals surface area contributed by atoms with Gasteiger partial charge in [0.1, 0.15) is 0 Å². The molecule has 2 aromatic rings. The number of benzene rings is 1. The van der Waals surface area contributed by atoms with Crippen molar-refractivity contribution in [3.05, 3.63) is 59.9 Å². The molecule has 0 N–H and O–H groups in total. The van der Waals surface area contributed by atoms with Crippen LogP contribution in [0, 0.1) is 11.3 Å². The summed E-state index contributed by atoms with van der Waals surface area (Å²) in [5.41, 5.74) is 1.89. The molecule has 3 rings (SSSR count). The van der Waals surface area contributed by atoms with Crippen LogP contribution in [0.1, 0.15) is 17.5 Å². The molecule has 134 valence electrons. The lowest BCUT2D eigenvalue weighted by molar-refractivity contribution is -0.128. The number of hydrogen-bond donors (Lipinski definition) is 0. The van der Waals surface area contributed by atoms with Crippen LogP contribution in [0.15, 0.2) is 53.7 Å². The van der Waals surface area contributed by atoms with Crippen molar-refractivity contribution in [2.45, 2.75) is 17.9 Å². The van der Waals surface area contributed by atoms with E-state index < -0.39 is 0 Å². The SMILES string of the molecule is N#Cc1ccc(CN2CCCN(C(=O)CSc3ccncc3)CC2)cc1. The first-order chi connectivity index (χ1) is 12.7. The van der Waals surface area contributed by atoms with Crippen molar-refractivity contribution in [3.8, 4) is 6.07 Å². The second-order valence-electron chi connectivity index (χ2n) is 6.29. The topological polar surface area (TPSA) is 60.2 Å².